The highest BCUT2D eigenvalue weighted by molar-refractivity contribution is 9.10. The first-order chi connectivity index (χ1) is 9.78. The number of nitrogens with zero attached hydrogens (tertiary/aromatic N) is 2. The first-order valence-electron chi connectivity index (χ1n) is 6.13. The zero-order valence-corrected chi connectivity index (χ0v) is 13.2. The van der Waals surface area contributed by atoms with Crippen LogP contribution in [-0.2, 0) is 0 Å². The van der Waals surface area contributed by atoms with Gasteiger partial charge in [-0.3, -0.25) is 0 Å². The summed E-state index contributed by atoms with van der Waals surface area (Å²) in [6, 6.07) is 14.8. The van der Waals surface area contributed by atoms with Crippen LogP contribution in [-0.4, -0.2) is 17.0 Å². The van der Waals surface area contributed by atoms with Gasteiger partial charge in [0.2, 0.25) is 0 Å². The highest BCUT2D eigenvalue weighted by Gasteiger charge is 2.09. The Kier molecular flexibility index (Phi) is 3.89. The van der Waals surface area contributed by atoms with Gasteiger partial charge >= 0.3 is 0 Å². The summed E-state index contributed by atoms with van der Waals surface area (Å²) in [5, 5.41) is 6.42. The van der Waals surface area contributed by atoms with Crippen LogP contribution in [0.25, 0.3) is 10.8 Å². The van der Waals surface area contributed by atoms with Crippen LogP contribution in [0.3, 0.4) is 0 Å². The minimum Gasteiger partial charge on any atom is -0.372 e. The number of halogens is 1. The molecule has 0 spiro atoms. The molecule has 1 heterocycles. The fraction of sp³-hybridized carbons (Fsp3) is 0.0667. The number of benzene rings is 2. The molecule has 0 aliphatic rings. The summed E-state index contributed by atoms with van der Waals surface area (Å²) in [6.45, 7) is 0. The molecule has 3 nitrogen and oxygen atoms in total. The van der Waals surface area contributed by atoms with E-state index in [9.17, 15) is 0 Å². The number of hydrogen-bond donors (Lipinski definition) is 1. The molecule has 0 bridgehead atoms. The van der Waals surface area contributed by atoms with Crippen LogP contribution in [0.4, 0.5) is 5.82 Å². The van der Waals surface area contributed by atoms with E-state index >= 15 is 0 Å². The van der Waals surface area contributed by atoms with E-state index in [1.165, 1.54) is 10.8 Å². The standard InChI is InChI=1S/C15H12BrN3S/c1-17-14-13(16)15(19-9-18-14)20-12-7-6-10-4-2-3-5-11(10)8-12/h2-9H,1H3,(H,17,18,19). The van der Waals surface area contributed by atoms with E-state index in [-0.39, 0.29) is 0 Å². The van der Waals surface area contributed by atoms with Gasteiger partial charge in [-0.15, -0.1) is 0 Å². The maximum atomic E-state index is 4.33. The molecule has 2 aromatic carbocycles. The third-order valence-corrected chi connectivity index (χ3v) is 4.94. The van der Waals surface area contributed by atoms with Gasteiger partial charge in [0, 0.05) is 11.9 Å². The maximum Gasteiger partial charge on any atom is 0.144 e. The molecule has 3 rings (SSSR count). The minimum absolute atomic E-state index is 0.795. The molecule has 3 aromatic rings. The van der Waals surface area contributed by atoms with E-state index in [2.05, 4.69) is 73.7 Å². The Balaban J connectivity index is 1.97. The topological polar surface area (TPSA) is 37.8 Å². The Morgan fingerprint density at radius 1 is 1.05 bits per heavy atom. The summed E-state index contributed by atoms with van der Waals surface area (Å²) in [6.07, 6.45) is 1.57. The van der Waals surface area contributed by atoms with E-state index in [4.69, 9.17) is 0 Å². The van der Waals surface area contributed by atoms with Gasteiger partial charge in [-0.1, -0.05) is 42.1 Å². The van der Waals surface area contributed by atoms with Crippen molar-refractivity contribution in [3.63, 3.8) is 0 Å². The van der Waals surface area contributed by atoms with Gasteiger partial charge in [-0.05, 0) is 38.8 Å². The fourth-order valence-electron chi connectivity index (χ4n) is 1.94. The van der Waals surface area contributed by atoms with Gasteiger partial charge in [0.1, 0.15) is 17.2 Å². The Hall–Kier alpha value is -1.59. The molecule has 1 N–H and O–H groups in total. The molecule has 5 heteroatoms. The van der Waals surface area contributed by atoms with Crippen LogP contribution in [0.5, 0.6) is 0 Å². The van der Waals surface area contributed by atoms with E-state index in [0.717, 1.165) is 20.2 Å². The lowest BCUT2D eigenvalue weighted by Gasteiger charge is -2.07. The summed E-state index contributed by atoms with van der Waals surface area (Å²) in [5.74, 6) is 0.795. The fourth-order valence-corrected chi connectivity index (χ4v) is 3.42. The molecule has 100 valence electrons. The SMILES string of the molecule is CNc1ncnc(Sc2ccc3ccccc3c2)c1Br. The Labute approximate surface area is 130 Å². The average Bonchev–Trinajstić information content (AvgIpc) is 2.49. The van der Waals surface area contributed by atoms with Gasteiger partial charge < -0.3 is 5.32 Å². The molecule has 0 unspecified atom stereocenters. The lowest BCUT2D eigenvalue weighted by molar-refractivity contribution is 1.03. The monoisotopic (exact) mass is 345 g/mol. The quantitative estimate of drug-likeness (QED) is 0.704. The van der Waals surface area contributed by atoms with Crippen LogP contribution in [0.15, 0.2) is 63.2 Å². The molecule has 0 fully saturated rings. The summed E-state index contributed by atoms with van der Waals surface area (Å²) >= 11 is 5.16. The molecule has 0 aliphatic heterocycles. The van der Waals surface area contributed by atoms with Crippen molar-refractivity contribution in [2.24, 2.45) is 0 Å². The third-order valence-electron chi connectivity index (χ3n) is 2.93. The number of aromatic nitrogens is 2. The molecule has 20 heavy (non-hydrogen) atoms. The van der Waals surface area contributed by atoms with Crippen LogP contribution in [0, 0.1) is 0 Å². The molecular weight excluding hydrogens is 334 g/mol. The molecular formula is C15H12BrN3S. The highest BCUT2D eigenvalue weighted by Crippen LogP contribution is 2.35. The molecule has 0 aliphatic carbocycles. The van der Waals surface area contributed by atoms with Crippen molar-refractivity contribution in [3.8, 4) is 0 Å². The van der Waals surface area contributed by atoms with Crippen molar-refractivity contribution >= 4 is 44.3 Å². The first kappa shape index (κ1) is 13.4. The van der Waals surface area contributed by atoms with Crippen molar-refractivity contribution in [1.82, 2.24) is 9.97 Å². The van der Waals surface area contributed by atoms with Gasteiger partial charge in [-0.25, -0.2) is 9.97 Å². The second-order valence-corrected chi connectivity index (χ2v) is 6.06. The molecule has 0 atom stereocenters. The zero-order chi connectivity index (χ0) is 13.9. The Bertz CT molecular complexity index is 761. The van der Waals surface area contributed by atoms with Crippen molar-refractivity contribution in [2.75, 3.05) is 12.4 Å². The Morgan fingerprint density at radius 2 is 1.85 bits per heavy atom. The predicted octanol–water partition coefficient (Wildman–Crippen LogP) is 4.59. The van der Waals surface area contributed by atoms with Crippen molar-refractivity contribution in [1.29, 1.82) is 0 Å². The predicted molar refractivity (Wildman–Crippen MR) is 87.3 cm³/mol. The highest BCUT2D eigenvalue weighted by atomic mass is 79.9. The van der Waals surface area contributed by atoms with Gasteiger partial charge in [0.25, 0.3) is 0 Å². The first-order valence-corrected chi connectivity index (χ1v) is 7.74. The lowest BCUT2D eigenvalue weighted by atomic mass is 10.1. The summed E-state index contributed by atoms with van der Waals surface area (Å²) in [5.41, 5.74) is 0. The molecule has 0 radical (unpaired) electrons. The lowest BCUT2D eigenvalue weighted by Crippen LogP contribution is -1.96. The summed E-state index contributed by atoms with van der Waals surface area (Å²) in [4.78, 5) is 9.65. The van der Waals surface area contributed by atoms with Crippen LogP contribution < -0.4 is 5.32 Å². The van der Waals surface area contributed by atoms with Crippen molar-refractivity contribution in [2.45, 2.75) is 9.92 Å². The molecule has 0 saturated carbocycles. The van der Waals surface area contributed by atoms with Gasteiger partial charge in [0.05, 0.1) is 4.47 Å². The van der Waals surface area contributed by atoms with Gasteiger partial charge in [0.15, 0.2) is 0 Å². The van der Waals surface area contributed by atoms with E-state index < -0.39 is 0 Å². The number of anilines is 1. The van der Waals surface area contributed by atoms with Crippen LogP contribution in [0.2, 0.25) is 0 Å². The van der Waals surface area contributed by atoms with Gasteiger partial charge in [-0.2, -0.15) is 0 Å². The van der Waals surface area contributed by atoms with E-state index in [1.54, 1.807) is 18.1 Å². The molecule has 0 amide bonds. The van der Waals surface area contributed by atoms with E-state index in [0.29, 0.717) is 0 Å². The largest absolute Gasteiger partial charge is 0.372 e. The van der Waals surface area contributed by atoms with Crippen molar-refractivity contribution < 1.29 is 0 Å². The van der Waals surface area contributed by atoms with Crippen molar-refractivity contribution in [3.05, 3.63) is 53.3 Å². The number of rotatable bonds is 3. The summed E-state index contributed by atoms with van der Waals surface area (Å²) < 4.78 is 0.889. The molecule has 1 aromatic heterocycles. The normalized spacial score (nSPS) is 10.7. The number of nitrogens with one attached hydrogen (secondary N) is 1. The number of hydrogen-bond acceptors (Lipinski definition) is 4. The second-order valence-electron chi connectivity index (χ2n) is 4.20. The number of fused-ring (bicyclic) bond motifs is 1. The third kappa shape index (κ3) is 2.64. The minimum atomic E-state index is 0.795. The molecule has 0 saturated heterocycles. The maximum absolute atomic E-state index is 4.33. The summed E-state index contributed by atoms with van der Waals surface area (Å²) in [7, 11) is 1.84. The second kappa shape index (κ2) is 5.81. The average molecular weight is 346 g/mol. The van der Waals surface area contributed by atoms with Crippen LogP contribution >= 0.6 is 27.7 Å². The van der Waals surface area contributed by atoms with E-state index in [1.807, 2.05) is 7.05 Å². The smallest absolute Gasteiger partial charge is 0.144 e. The Morgan fingerprint density at radius 3 is 2.65 bits per heavy atom. The zero-order valence-electron chi connectivity index (χ0n) is 10.8. The van der Waals surface area contributed by atoms with Crippen LogP contribution in [0.1, 0.15) is 0 Å².